The number of hydrogen-bond donors (Lipinski definition) is 2. The minimum atomic E-state index is -0.559. The summed E-state index contributed by atoms with van der Waals surface area (Å²) in [4.78, 5) is 25.3. The second-order valence-corrected chi connectivity index (χ2v) is 7.18. The van der Waals surface area contributed by atoms with Gasteiger partial charge >= 0.3 is 0 Å². The highest BCUT2D eigenvalue weighted by Gasteiger charge is 2.21. The molecule has 2 amide bonds. The van der Waals surface area contributed by atoms with Crippen LogP contribution in [0.4, 0.5) is 0 Å². The van der Waals surface area contributed by atoms with Gasteiger partial charge in [-0.15, -0.1) is 0 Å². The van der Waals surface area contributed by atoms with E-state index in [2.05, 4.69) is 49.3 Å². The molecule has 0 saturated carbocycles. The van der Waals surface area contributed by atoms with Crippen LogP contribution in [-0.2, 0) is 9.59 Å². The molecule has 0 heterocycles. The monoisotopic (exact) mass is 385 g/mol. The lowest BCUT2D eigenvalue weighted by Crippen LogP contribution is -2.43. The first-order valence-electron chi connectivity index (χ1n) is 10.00. The van der Waals surface area contributed by atoms with Gasteiger partial charge in [0.15, 0.2) is 0 Å². The van der Waals surface area contributed by atoms with Gasteiger partial charge in [0.2, 0.25) is 12.3 Å². The van der Waals surface area contributed by atoms with Crippen LogP contribution in [-0.4, -0.2) is 36.9 Å². The maximum Gasteiger partial charge on any atom is 0.247 e. The van der Waals surface area contributed by atoms with Gasteiger partial charge in [0.05, 0.1) is 0 Å². The SMILES string of the molecule is C=C(C)NC(=O)C(CC)N(C=O)/C=C\c1ccc(C(CC)CCNC)cc1C. The highest BCUT2D eigenvalue weighted by Crippen LogP contribution is 2.25. The van der Waals surface area contributed by atoms with E-state index in [-0.39, 0.29) is 5.91 Å². The molecule has 5 heteroatoms. The van der Waals surface area contributed by atoms with Crippen molar-refractivity contribution in [2.45, 2.75) is 58.9 Å². The van der Waals surface area contributed by atoms with Gasteiger partial charge < -0.3 is 15.5 Å². The molecule has 1 aromatic rings. The van der Waals surface area contributed by atoms with E-state index in [1.54, 1.807) is 13.1 Å². The Hall–Kier alpha value is -2.40. The van der Waals surface area contributed by atoms with E-state index >= 15 is 0 Å². The third kappa shape index (κ3) is 6.97. The molecule has 1 aromatic carbocycles. The molecule has 5 nitrogen and oxygen atoms in total. The van der Waals surface area contributed by atoms with Crippen molar-refractivity contribution in [3.63, 3.8) is 0 Å². The fourth-order valence-corrected chi connectivity index (χ4v) is 3.27. The zero-order valence-electron chi connectivity index (χ0n) is 17.9. The Kier molecular flexibility index (Phi) is 10.2. The minimum absolute atomic E-state index is 0.228. The van der Waals surface area contributed by atoms with Gasteiger partial charge in [0.1, 0.15) is 6.04 Å². The largest absolute Gasteiger partial charge is 0.329 e. The van der Waals surface area contributed by atoms with Crippen molar-refractivity contribution >= 4 is 18.4 Å². The first-order valence-corrected chi connectivity index (χ1v) is 10.00. The molecule has 2 atom stereocenters. The van der Waals surface area contributed by atoms with Crippen molar-refractivity contribution in [2.75, 3.05) is 13.6 Å². The van der Waals surface area contributed by atoms with Crippen molar-refractivity contribution in [1.29, 1.82) is 0 Å². The number of rotatable bonds is 12. The van der Waals surface area contributed by atoms with E-state index in [1.807, 2.05) is 20.0 Å². The van der Waals surface area contributed by atoms with Gasteiger partial charge in [-0.1, -0.05) is 38.6 Å². The molecule has 0 bridgehead atoms. The molecule has 0 saturated heterocycles. The Morgan fingerprint density at radius 1 is 1.29 bits per heavy atom. The maximum absolute atomic E-state index is 12.3. The van der Waals surface area contributed by atoms with Crippen LogP contribution in [0, 0.1) is 6.92 Å². The Bertz CT molecular complexity index is 697. The van der Waals surface area contributed by atoms with Crippen LogP contribution >= 0.6 is 0 Å². The molecule has 2 N–H and O–H groups in total. The smallest absolute Gasteiger partial charge is 0.247 e. The number of hydrogen-bond acceptors (Lipinski definition) is 3. The molecule has 0 aromatic heterocycles. The van der Waals surface area contributed by atoms with Crippen LogP contribution in [0.3, 0.4) is 0 Å². The molecule has 0 aliphatic rings. The van der Waals surface area contributed by atoms with Crippen LogP contribution in [0.15, 0.2) is 36.7 Å². The summed E-state index contributed by atoms with van der Waals surface area (Å²) in [5.41, 5.74) is 4.09. The molecule has 0 fully saturated rings. The quantitative estimate of drug-likeness (QED) is 0.536. The topological polar surface area (TPSA) is 61.4 Å². The summed E-state index contributed by atoms with van der Waals surface area (Å²) in [6, 6.07) is 5.91. The average Bonchev–Trinajstić information content (AvgIpc) is 2.66. The summed E-state index contributed by atoms with van der Waals surface area (Å²) >= 11 is 0. The molecule has 1 rings (SSSR count). The summed E-state index contributed by atoms with van der Waals surface area (Å²) in [6.07, 6.45) is 6.99. The van der Waals surface area contributed by atoms with E-state index in [1.165, 1.54) is 10.5 Å². The molecule has 0 spiro atoms. The Morgan fingerprint density at radius 2 is 2.00 bits per heavy atom. The molecule has 2 unspecified atom stereocenters. The fraction of sp³-hybridized carbons (Fsp3) is 0.478. The van der Waals surface area contributed by atoms with Crippen LogP contribution in [0.5, 0.6) is 0 Å². The number of allylic oxidation sites excluding steroid dienone is 1. The van der Waals surface area contributed by atoms with Gasteiger partial charge in [-0.3, -0.25) is 9.59 Å². The van der Waals surface area contributed by atoms with Gasteiger partial charge in [0, 0.05) is 11.9 Å². The van der Waals surface area contributed by atoms with Gasteiger partial charge in [-0.2, -0.15) is 0 Å². The first-order chi connectivity index (χ1) is 13.4. The van der Waals surface area contributed by atoms with E-state index in [0.29, 0.717) is 24.4 Å². The summed E-state index contributed by atoms with van der Waals surface area (Å²) in [7, 11) is 1.98. The second-order valence-electron chi connectivity index (χ2n) is 7.18. The predicted molar refractivity (Wildman–Crippen MR) is 117 cm³/mol. The van der Waals surface area contributed by atoms with Gasteiger partial charge in [0.25, 0.3) is 0 Å². The molecule has 0 aliphatic carbocycles. The molecular formula is C23H35N3O2. The summed E-state index contributed by atoms with van der Waals surface area (Å²) in [5.74, 6) is 0.306. The summed E-state index contributed by atoms with van der Waals surface area (Å²) < 4.78 is 0. The van der Waals surface area contributed by atoms with E-state index in [9.17, 15) is 9.59 Å². The van der Waals surface area contributed by atoms with Crippen molar-refractivity contribution < 1.29 is 9.59 Å². The lowest BCUT2D eigenvalue weighted by atomic mass is 9.91. The first kappa shape index (κ1) is 23.6. The van der Waals surface area contributed by atoms with E-state index in [4.69, 9.17) is 0 Å². The average molecular weight is 386 g/mol. The Morgan fingerprint density at radius 3 is 2.50 bits per heavy atom. The third-order valence-electron chi connectivity index (χ3n) is 4.93. The lowest BCUT2D eigenvalue weighted by molar-refractivity contribution is -0.130. The number of benzene rings is 1. The highest BCUT2D eigenvalue weighted by molar-refractivity contribution is 5.85. The predicted octanol–water partition coefficient (Wildman–Crippen LogP) is 3.96. The van der Waals surface area contributed by atoms with Crippen molar-refractivity contribution in [2.24, 2.45) is 0 Å². The van der Waals surface area contributed by atoms with Crippen molar-refractivity contribution in [3.8, 4) is 0 Å². The normalized spacial score (nSPS) is 13.2. The summed E-state index contributed by atoms with van der Waals surface area (Å²) in [5, 5.41) is 5.90. The number of amides is 2. The van der Waals surface area contributed by atoms with Crippen LogP contribution in [0.25, 0.3) is 6.08 Å². The maximum atomic E-state index is 12.3. The molecule has 0 radical (unpaired) electrons. The van der Waals surface area contributed by atoms with Gasteiger partial charge in [-0.05, 0) is 75.4 Å². The van der Waals surface area contributed by atoms with Crippen LogP contribution in [0.1, 0.15) is 62.6 Å². The number of nitrogens with zero attached hydrogens (tertiary/aromatic N) is 1. The van der Waals surface area contributed by atoms with Crippen molar-refractivity contribution in [3.05, 3.63) is 53.4 Å². The summed E-state index contributed by atoms with van der Waals surface area (Å²) in [6.45, 7) is 12.6. The van der Waals surface area contributed by atoms with Crippen LogP contribution < -0.4 is 10.6 Å². The van der Waals surface area contributed by atoms with E-state index in [0.717, 1.165) is 30.5 Å². The van der Waals surface area contributed by atoms with Crippen molar-refractivity contribution in [1.82, 2.24) is 15.5 Å². The fourth-order valence-electron chi connectivity index (χ4n) is 3.27. The molecule has 28 heavy (non-hydrogen) atoms. The number of carbonyl (C=O) groups excluding carboxylic acids is 2. The number of aryl methyl sites for hydroxylation is 1. The zero-order chi connectivity index (χ0) is 21.1. The highest BCUT2D eigenvalue weighted by atomic mass is 16.2. The Labute approximate surface area is 169 Å². The molecule has 154 valence electrons. The second kappa shape index (κ2) is 12.1. The van der Waals surface area contributed by atoms with Crippen LogP contribution in [0.2, 0.25) is 0 Å². The van der Waals surface area contributed by atoms with Gasteiger partial charge in [-0.25, -0.2) is 0 Å². The number of nitrogens with one attached hydrogen (secondary N) is 2. The lowest BCUT2D eigenvalue weighted by Gasteiger charge is -2.23. The standard InChI is InChI=1S/C23H35N3O2/c1-7-19(11-13-24-6)21-10-9-20(18(5)15-21)12-14-26(16-27)22(8-2)23(28)25-17(3)4/h9-10,12,14-16,19,22,24H,3,7-8,11,13H2,1-2,4-6H3,(H,25,28)/b14-12-. The number of carbonyl (C=O) groups is 2. The molecule has 0 aliphatic heterocycles. The zero-order valence-corrected chi connectivity index (χ0v) is 17.9. The third-order valence-corrected chi connectivity index (χ3v) is 4.93. The minimum Gasteiger partial charge on any atom is -0.329 e. The Balaban J connectivity index is 2.97. The van der Waals surface area contributed by atoms with E-state index < -0.39 is 6.04 Å². The molecular weight excluding hydrogens is 350 g/mol.